The Hall–Kier alpha value is -2.75. The van der Waals surface area contributed by atoms with Crippen molar-refractivity contribution in [3.05, 3.63) is 64.2 Å². The van der Waals surface area contributed by atoms with Crippen LogP contribution < -0.4 is 4.90 Å². The Labute approximate surface area is 153 Å². The first-order chi connectivity index (χ1) is 12.3. The number of para-hydroxylation sites is 1. The second-order valence-corrected chi connectivity index (χ2v) is 7.32. The summed E-state index contributed by atoms with van der Waals surface area (Å²) in [7, 11) is 0. The van der Waals surface area contributed by atoms with E-state index in [9.17, 15) is 14.4 Å². The van der Waals surface area contributed by atoms with E-state index in [0.29, 0.717) is 16.8 Å². The van der Waals surface area contributed by atoms with Gasteiger partial charge in [0.05, 0.1) is 16.8 Å². The number of Topliss-reactive ketones (excluding diaryl/α,β-unsaturated/α-hetero) is 1. The molecule has 4 nitrogen and oxygen atoms in total. The van der Waals surface area contributed by atoms with Gasteiger partial charge in [0.25, 0.3) is 11.8 Å². The topological polar surface area (TPSA) is 54.5 Å². The van der Waals surface area contributed by atoms with Gasteiger partial charge in [-0.15, -0.1) is 0 Å². The van der Waals surface area contributed by atoms with Crippen LogP contribution >= 0.6 is 0 Å². The number of anilines is 1. The predicted octanol–water partition coefficient (Wildman–Crippen LogP) is 4.94. The summed E-state index contributed by atoms with van der Waals surface area (Å²) in [5, 5.41) is 0. The number of fused-ring (bicyclic) bond motifs is 1. The first kappa shape index (κ1) is 18.1. The van der Waals surface area contributed by atoms with Crippen molar-refractivity contribution in [2.24, 2.45) is 0 Å². The highest BCUT2D eigenvalue weighted by Crippen LogP contribution is 2.40. The largest absolute Gasteiger partial charge is 0.294 e. The molecule has 1 aliphatic rings. The van der Waals surface area contributed by atoms with E-state index in [-0.39, 0.29) is 29.1 Å². The van der Waals surface area contributed by atoms with Gasteiger partial charge >= 0.3 is 0 Å². The van der Waals surface area contributed by atoms with Crippen LogP contribution in [0.1, 0.15) is 88.7 Å². The second kappa shape index (κ2) is 6.52. The Morgan fingerprint density at radius 1 is 0.846 bits per heavy atom. The molecule has 2 aromatic rings. The molecular formula is C22H23NO3. The lowest BCUT2D eigenvalue weighted by atomic mass is 9.92. The van der Waals surface area contributed by atoms with Crippen LogP contribution in [0.25, 0.3) is 0 Å². The Morgan fingerprint density at radius 2 is 1.38 bits per heavy atom. The van der Waals surface area contributed by atoms with E-state index in [1.54, 1.807) is 18.2 Å². The number of benzene rings is 2. The number of imide groups is 1. The number of hydrogen-bond donors (Lipinski definition) is 0. The van der Waals surface area contributed by atoms with Gasteiger partial charge in [0, 0.05) is 5.56 Å². The molecule has 4 heteroatoms. The SMILES string of the molecule is CC(=O)c1cccc2c1C(=O)N(c1c(C(C)C)cccc1C(C)C)C2=O. The van der Waals surface area contributed by atoms with Gasteiger partial charge in [0.2, 0.25) is 0 Å². The van der Waals surface area contributed by atoms with Gasteiger partial charge in [-0.3, -0.25) is 14.4 Å². The van der Waals surface area contributed by atoms with Gasteiger partial charge < -0.3 is 0 Å². The van der Waals surface area contributed by atoms with Crippen LogP contribution in [-0.2, 0) is 0 Å². The minimum Gasteiger partial charge on any atom is -0.294 e. The molecule has 1 aliphatic heterocycles. The van der Waals surface area contributed by atoms with E-state index in [2.05, 4.69) is 0 Å². The molecule has 0 N–H and O–H groups in total. The monoisotopic (exact) mass is 349 g/mol. The summed E-state index contributed by atoms with van der Waals surface area (Å²) in [4.78, 5) is 39.6. The summed E-state index contributed by atoms with van der Waals surface area (Å²) in [5.41, 5.74) is 3.40. The van der Waals surface area contributed by atoms with Crippen molar-refractivity contribution in [1.29, 1.82) is 0 Å². The smallest absolute Gasteiger partial charge is 0.266 e. The van der Waals surface area contributed by atoms with E-state index in [1.807, 2.05) is 45.9 Å². The fourth-order valence-corrected chi connectivity index (χ4v) is 3.55. The van der Waals surface area contributed by atoms with E-state index >= 15 is 0 Å². The fourth-order valence-electron chi connectivity index (χ4n) is 3.55. The summed E-state index contributed by atoms with van der Waals surface area (Å²) in [5.74, 6) is -0.680. The van der Waals surface area contributed by atoms with Crippen LogP contribution in [0, 0.1) is 0 Å². The van der Waals surface area contributed by atoms with Gasteiger partial charge in [-0.2, -0.15) is 0 Å². The molecule has 0 saturated heterocycles. The standard InChI is InChI=1S/C22H23NO3/c1-12(2)15-8-6-9-16(13(3)4)20(15)23-21(25)18-11-7-10-17(14(5)24)19(18)22(23)26/h6-13H,1-5H3. The summed E-state index contributed by atoms with van der Waals surface area (Å²) >= 11 is 0. The molecule has 0 saturated carbocycles. The first-order valence-electron chi connectivity index (χ1n) is 8.91. The van der Waals surface area contributed by atoms with Crippen molar-refractivity contribution in [2.75, 3.05) is 4.90 Å². The minimum atomic E-state index is -0.411. The maximum absolute atomic E-state index is 13.2. The van der Waals surface area contributed by atoms with Gasteiger partial charge in [0.15, 0.2) is 5.78 Å². The molecule has 0 spiro atoms. The molecule has 0 aliphatic carbocycles. The lowest BCUT2D eigenvalue weighted by molar-refractivity contribution is 0.0919. The summed E-state index contributed by atoms with van der Waals surface area (Å²) in [6.45, 7) is 9.59. The molecule has 0 unspecified atom stereocenters. The quantitative estimate of drug-likeness (QED) is 0.580. The Morgan fingerprint density at radius 3 is 1.88 bits per heavy atom. The zero-order valence-corrected chi connectivity index (χ0v) is 15.8. The molecule has 0 radical (unpaired) electrons. The number of amides is 2. The molecule has 2 amide bonds. The first-order valence-corrected chi connectivity index (χ1v) is 8.91. The minimum absolute atomic E-state index is 0.153. The number of nitrogens with zero attached hydrogens (tertiary/aromatic N) is 1. The number of carbonyl (C=O) groups excluding carboxylic acids is 3. The maximum Gasteiger partial charge on any atom is 0.266 e. The average Bonchev–Trinajstić information content (AvgIpc) is 2.85. The van der Waals surface area contributed by atoms with Crippen molar-refractivity contribution in [2.45, 2.75) is 46.5 Å². The van der Waals surface area contributed by atoms with Crippen LogP contribution in [0.15, 0.2) is 36.4 Å². The van der Waals surface area contributed by atoms with Crippen molar-refractivity contribution < 1.29 is 14.4 Å². The highest BCUT2D eigenvalue weighted by molar-refractivity contribution is 6.36. The van der Waals surface area contributed by atoms with E-state index < -0.39 is 5.91 Å². The lowest BCUT2D eigenvalue weighted by Gasteiger charge is -2.25. The zero-order valence-electron chi connectivity index (χ0n) is 15.8. The highest BCUT2D eigenvalue weighted by atomic mass is 16.2. The number of rotatable bonds is 4. The fraction of sp³-hybridized carbons (Fsp3) is 0.318. The number of ketones is 1. The molecule has 1 heterocycles. The molecule has 0 bridgehead atoms. The third kappa shape index (κ3) is 2.66. The lowest BCUT2D eigenvalue weighted by Crippen LogP contribution is -2.32. The van der Waals surface area contributed by atoms with Crippen LogP contribution in [0.2, 0.25) is 0 Å². The van der Waals surface area contributed by atoms with Gasteiger partial charge in [0.1, 0.15) is 0 Å². The molecule has 0 fully saturated rings. The molecule has 0 aromatic heterocycles. The Kier molecular flexibility index (Phi) is 4.53. The summed E-state index contributed by atoms with van der Waals surface area (Å²) < 4.78 is 0. The molecule has 0 atom stereocenters. The van der Waals surface area contributed by atoms with Crippen LogP contribution in [-0.4, -0.2) is 17.6 Å². The van der Waals surface area contributed by atoms with Crippen molar-refractivity contribution in [1.82, 2.24) is 0 Å². The van der Waals surface area contributed by atoms with Crippen LogP contribution in [0.4, 0.5) is 5.69 Å². The predicted molar refractivity (Wildman–Crippen MR) is 102 cm³/mol. The molecule has 134 valence electrons. The summed E-state index contributed by atoms with van der Waals surface area (Å²) in [6.07, 6.45) is 0. The van der Waals surface area contributed by atoms with Gasteiger partial charge in [-0.1, -0.05) is 58.0 Å². The van der Waals surface area contributed by atoms with Crippen LogP contribution in [0.3, 0.4) is 0 Å². The third-order valence-electron chi connectivity index (χ3n) is 4.86. The maximum atomic E-state index is 13.2. The van der Waals surface area contributed by atoms with E-state index in [0.717, 1.165) is 11.1 Å². The van der Waals surface area contributed by atoms with Crippen LogP contribution in [0.5, 0.6) is 0 Å². The normalized spacial score (nSPS) is 13.7. The van der Waals surface area contributed by atoms with E-state index in [4.69, 9.17) is 0 Å². The van der Waals surface area contributed by atoms with Crippen molar-refractivity contribution >= 4 is 23.3 Å². The molecule has 2 aromatic carbocycles. The van der Waals surface area contributed by atoms with Crippen molar-refractivity contribution in [3.8, 4) is 0 Å². The molecule has 3 rings (SSSR count). The number of carbonyl (C=O) groups is 3. The number of hydrogen-bond acceptors (Lipinski definition) is 3. The Bertz CT molecular complexity index is 899. The van der Waals surface area contributed by atoms with Gasteiger partial charge in [-0.05, 0) is 36.0 Å². The molecular weight excluding hydrogens is 326 g/mol. The summed E-state index contributed by atoms with van der Waals surface area (Å²) in [6, 6.07) is 10.8. The average molecular weight is 349 g/mol. The third-order valence-corrected chi connectivity index (χ3v) is 4.86. The molecule has 26 heavy (non-hydrogen) atoms. The van der Waals surface area contributed by atoms with E-state index in [1.165, 1.54) is 11.8 Å². The zero-order chi connectivity index (χ0) is 19.2. The second-order valence-electron chi connectivity index (χ2n) is 7.32. The van der Waals surface area contributed by atoms with Gasteiger partial charge in [-0.25, -0.2) is 4.90 Å². The van der Waals surface area contributed by atoms with Crippen molar-refractivity contribution in [3.63, 3.8) is 0 Å². The highest BCUT2D eigenvalue weighted by Gasteiger charge is 2.41. The Balaban J connectivity index is 2.28.